The number of aromatic nitrogens is 2. The first kappa shape index (κ1) is 24.9. The molecule has 6 heteroatoms. The molecular formula is C31H35N5O. The summed E-state index contributed by atoms with van der Waals surface area (Å²) in [6, 6.07) is 31.9. The molecule has 6 nitrogen and oxygen atoms in total. The van der Waals surface area contributed by atoms with E-state index in [9.17, 15) is 4.79 Å². The van der Waals surface area contributed by atoms with Crippen LogP contribution < -0.4 is 5.32 Å². The lowest BCUT2D eigenvalue weighted by Crippen LogP contribution is -2.49. The van der Waals surface area contributed by atoms with E-state index in [1.54, 1.807) is 6.33 Å². The summed E-state index contributed by atoms with van der Waals surface area (Å²) in [6.45, 7) is 6.21. The Balaban J connectivity index is 1.05. The number of nitrogens with one attached hydrogen (secondary N) is 1. The van der Waals surface area contributed by atoms with Gasteiger partial charge in [-0.15, -0.1) is 0 Å². The van der Waals surface area contributed by atoms with Crippen molar-refractivity contribution in [3.05, 3.63) is 115 Å². The van der Waals surface area contributed by atoms with Crippen LogP contribution in [0.15, 0.2) is 104 Å². The van der Waals surface area contributed by atoms with Gasteiger partial charge in [-0.1, -0.05) is 91.0 Å². The van der Waals surface area contributed by atoms with Crippen LogP contribution in [0.5, 0.6) is 0 Å². The highest BCUT2D eigenvalue weighted by atomic mass is 16.1. The first-order valence-electron chi connectivity index (χ1n) is 13.2. The standard InChI is InChI=1S/C31H35N5O/c37-30(16-18-35-24-29(33-25-35)26-10-4-1-5-11-26)32-17-19-34-20-22-36(23-21-34)31(27-12-6-2-7-13-27)28-14-8-3-9-15-28/h1-15,24-25,31H,16-23H2,(H,32,37). The van der Waals surface area contributed by atoms with E-state index in [0.29, 0.717) is 19.5 Å². The minimum atomic E-state index is 0.0850. The number of benzene rings is 3. The molecule has 0 bridgehead atoms. The summed E-state index contributed by atoms with van der Waals surface area (Å²) < 4.78 is 1.98. The Bertz CT molecular complexity index is 1190. The highest BCUT2D eigenvalue weighted by molar-refractivity contribution is 5.75. The highest BCUT2D eigenvalue weighted by Gasteiger charge is 2.26. The topological polar surface area (TPSA) is 53.4 Å². The second kappa shape index (κ2) is 12.5. The number of hydrogen-bond donors (Lipinski definition) is 1. The third-order valence-electron chi connectivity index (χ3n) is 7.05. The zero-order valence-electron chi connectivity index (χ0n) is 21.2. The second-order valence-corrected chi connectivity index (χ2v) is 9.56. The quantitative estimate of drug-likeness (QED) is 0.354. The van der Waals surface area contributed by atoms with Crippen molar-refractivity contribution in [2.24, 2.45) is 0 Å². The van der Waals surface area contributed by atoms with Crippen LogP contribution in [0.25, 0.3) is 11.3 Å². The van der Waals surface area contributed by atoms with E-state index in [-0.39, 0.29) is 11.9 Å². The minimum absolute atomic E-state index is 0.0850. The fourth-order valence-electron chi connectivity index (χ4n) is 5.04. The second-order valence-electron chi connectivity index (χ2n) is 9.56. The number of piperazine rings is 1. The number of aryl methyl sites for hydroxylation is 1. The van der Waals surface area contributed by atoms with Gasteiger partial charge in [0.15, 0.2) is 0 Å². The van der Waals surface area contributed by atoms with E-state index in [1.807, 2.05) is 41.1 Å². The molecule has 0 aliphatic carbocycles. The Labute approximate surface area is 219 Å². The SMILES string of the molecule is O=C(CCn1cnc(-c2ccccc2)c1)NCCN1CCN(C(c2ccccc2)c2ccccc2)CC1. The minimum Gasteiger partial charge on any atom is -0.355 e. The van der Waals surface area contributed by atoms with Gasteiger partial charge in [-0.3, -0.25) is 14.6 Å². The van der Waals surface area contributed by atoms with E-state index >= 15 is 0 Å². The van der Waals surface area contributed by atoms with Gasteiger partial charge in [0.2, 0.25) is 5.91 Å². The van der Waals surface area contributed by atoms with Gasteiger partial charge in [0.05, 0.1) is 18.1 Å². The molecule has 1 saturated heterocycles. The maximum absolute atomic E-state index is 12.4. The van der Waals surface area contributed by atoms with Crippen LogP contribution in [0.2, 0.25) is 0 Å². The molecule has 1 aliphatic rings. The summed E-state index contributed by atoms with van der Waals surface area (Å²) in [7, 11) is 0. The molecule has 0 atom stereocenters. The molecule has 0 saturated carbocycles. The summed E-state index contributed by atoms with van der Waals surface area (Å²) in [4.78, 5) is 21.9. The molecule has 1 aromatic heterocycles. The summed E-state index contributed by atoms with van der Waals surface area (Å²) in [5, 5.41) is 3.10. The van der Waals surface area contributed by atoms with Crippen molar-refractivity contribution >= 4 is 5.91 Å². The molecule has 0 unspecified atom stereocenters. The lowest BCUT2D eigenvalue weighted by molar-refractivity contribution is -0.121. The van der Waals surface area contributed by atoms with Gasteiger partial charge >= 0.3 is 0 Å². The van der Waals surface area contributed by atoms with E-state index in [2.05, 4.69) is 80.8 Å². The van der Waals surface area contributed by atoms with Crippen molar-refractivity contribution < 1.29 is 4.79 Å². The van der Waals surface area contributed by atoms with Gasteiger partial charge in [0.25, 0.3) is 0 Å². The Kier molecular flexibility index (Phi) is 8.41. The van der Waals surface area contributed by atoms with Gasteiger partial charge in [-0.2, -0.15) is 0 Å². The van der Waals surface area contributed by atoms with Crippen molar-refractivity contribution in [3.8, 4) is 11.3 Å². The first-order chi connectivity index (χ1) is 18.3. The molecule has 4 aromatic rings. The van der Waals surface area contributed by atoms with E-state index in [4.69, 9.17) is 0 Å². The van der Waals surface area contributed by atoms with Crippen LogP contribution in [0.3, 0.4) is 0 Å². The van der Waals surface area contributed by atoms with Crippen LogP contribution in [-0.2, 0) is 11.3 Å². The Morgan fingerprint density at radius 1 is 0.784 bits per heavy atom. The average molecular weight is 494 g/mol. The zero-order chi connectivity index (χ0) is 25.3. The van der Waals surface area contributed by atoms with Crippen molar-refractivity contribution in [2.45, 2.75) is 19.0 Å². The molecular weight excluding hydrogens is 458 g/mol. The van der Waals surface area contributed by atoms with Crippen LogP contribution in [0.4, 0.5) is 0 Å². The third-order valence-corrected chi connectivity index (χ3v) is 7.05. The predicted molar refractivity (Wildman–Crippen MR) is 148 cm³/mol. The summed E-state index contributed by atoms with van der Waals surface area (Å²) in [5.74, 6) is 0.0850. The predicted octanol–water partition coefficient (Wildman–Crippen LogP) is 4.46. The fourth-order valence-corrected chi connectivity index (χ4v) is 5.04. The first-order valence-corrected chi connectivity index (χ1v) is 13.2. The van der Waals surface area contributed by atoms with Gasteiger partial charge in [0, 0.05) is 64.0 Å². The number of carbonyl (C=O) groups excluding carboxylic acids is 1. The molecule has 2 heterocycles. The van der Waals surface area contributed by atoms with Crippen LogP contribution >= 0.6 is 0 Å². The molecule has 1 amide bonds. The molecule has 0 spiro atoms. The molecule has 0 radical (unpaired) electrons. The van der Waals surface area contributed by atoms with Crippen LogP contribution in [-0.4, -0.2) is 64.5 Å². The van der Waals surface area contributed by atoms with Crippen molar-refractivity contribution in [2.75, 3.05) is 39.3 Å². The monoisotopic (exact) mass is 493 g/mol. The van der Waals surface area contributed by atoms with E-state index in [0.717, 1.165) is 44.0 Å². The lowest BCUT2D eigenvalue weighted by Gasteiger charge is -2.39. The van der Waals surface area contributed by atoms with Gasteiger partial charge in [-0.05, 0) is 11.1 Å². The van der Waals surface area contributed by atoms with Crippen LogP contribution in [0.1, 0.15) is 23.6 Å². The van der Waals surface area contributed by atoms with Crippen molar-refractivity contribution in [1.29, 1.82) is 0 Å². The van der Waals surface area contributed by atoms with Crippen molar-refractivity contribution in [3.63, 3.8) is 0 Å². The maximum Gasteiger partial charge on any atom is 0.221 e. The van der Waals surface area contributed by atoms with Gasteiger partial charge in [0.1, 0.15) is 0 Å². The van der Waals surface area contributed by atoms with Gasteiger partial charge < -0.3 is 9.88 Å². The summed E-state index contributed by atoms with van der Waals surface area (Å²) in [6.07, 6.45) is 4.25. The number of imidazole rings is 1. The molecule has 1 aliphatic heterocycles. The zero-order valence-corrected chi connectivity index (χ0v) is 21.2. The number of nitrogens with zero attached hydrogens (tertiary/aromatic N) is 4. The van der Waals surface area contributed by atoms with Gasteiger partial charge in [-0.25, -0.2) is 4.98 Å². The molecule has 190 valence electrons. The smallest absolute Gasteiger partial charge is 0.221 e. The number of carbonyl (C=O) groups is 1. The Hall–Kier alpha value is -3.74. The molecule has 1 N–H and O–H groups in total. The van der Waals surface area contributed by atoms with E-state index in [1.165, 1.54) is 11.1 Å². The summed E-state index contributed by atoms with van der Waals surface area (Å²) in [5.41, 5.74) is 4.69. The molecule has 3 aromatic carbocycles. The molecule has 1 fully saturated rings. The average Bonchev–Trinajstić information content (AvgIpc) is 3.44. The lowest BCUT2D eigenvalue weighted by atomic mass is 9.96. The van der Waals surface area contributed by atoms with Crippen molar-refractivity contribution in [1.82, 2.24) is 24.7 Å². The Morgan fingerprint density at radius 3 is 2.00 bits per heavy atom. The number of rotatable bonds is 10. The highest BCUT2D eigenvalue weighted by Crippen LogP contribution is 2.29. The maximum atomic E-state index is 12.4. The van der Waals surface area contributed by atoms with E-state index < -0.39 is 0 Å². The molecule has 37 heavy (non-hydrogen) atoms. The number of hydrogen-bond acceptors (Lipinski definition) is 4. The third kappa shape index (κ3) is 6.73. The largest absolute Gasteiger partial charge is 0.355 e. The van der Waals surface area contributed by atoms with Crippen LogP contribution in [0, 0.1) is 0 Å². The Morgan fingerprint density at radius 2 is 1.38 bits per heavy atom. The summed E-state index contributed by atoms with van der Waals surface area (Å²) >= 11 is 0. The number of amides is 1. The fraction of sp³-hybridized carbons (Fsp3) is 0.290. The molecule has 5 rings (SSSR count). The normalized spacial score (nSPS) is 14.6.